The van der Waals surface area contributed by atoms with Gasteiger partial charge in [-0.2, -0.15) is 0 Å². The van der Waals surface area contributed by atoms with Gasteiger partial charge in [-0.15, -0.1) is 0 Å². The third kappa shape index (κ3) is 3.93. The van der Waals surface area contributed by atoms with Gasteiger partial charge in [-0.1, -0.05) is 13.0 Å². The lowest BCUT2D eigenvalue weighted by Gasteiger charge is -2.30. The molecule has 1 atom stereocenters. The molecule has 1 aromatic carbocycles. The van der Waals surface area contributed by atoms with E-state index in [1.807, 2.05) is 41.5 Å². The Kier molecular flexibility index (Phi) is 5.43. The van der Waals surface area contributed by atoms with Crippen molar-refractivity contribution in [3.05, 3.63) is 46.5 Å². The molecule has 6 nitrogen and oxygen atoms in total. The molecule has 1 saturated heterocycles. The van der Waals surface area contributed by atoms with Crippen molar-refractivity contribution < 1.29 is 9.59 Å². The first-order valence-electron chi connectivity index (χ1n) is 10.7. The Labute approximate surface area is 172 Å². The van der Waals surface area contributed by atoms with Gasteiger partial charge >= 0.3 is 0 Å². The van der Waals surface area contributed by atoms with Crippen LogP contribution in [0.5, 0.6) is 0 Å². The molecule has 1 unspecified atom stereocenters. The Morgan fingerprint density at radius 3 is 2.69 bits per heavy atom. The van der Waals surface area contributed by atoms with Crippen LogP contribution in [0, 0.1) is 19.8 Å². The second-order valence-corrected chi connectivity index (χ2v) is 8.59. The average Bonchev–Trinajstić information content (AvgIpc) is 3.10. The Bertz CT molecular complexity index is 947. The lowest BCUT2D eigenvalue weighted by atomic mass is 9.99. The van der Waals surface area contributed by atoms with E-state index in [2.05, 4.69) is 17.2 Å². The van der Waals surface area contributed by atoms with Gasteiger partial charge in [0.15, 0.2) is 5.82 Å². The molecule has 2 aliphatic rings. The van der Waals surface area contributed by atoms with Crippen molar-refractivity contribution in [1.82, 2.24) is 14.5 Å². The van der Waals surface area contributed by atoms with Gasteiger partial charge in [0, 0.05) is 25.3 Å². The molecule has 3 heterocycles. The van der Waals surface area contributed by atoms with Gasteiger partial charge in [-0.3, -0.25) is 9.59 Å². The lowest BCUT2D eigenvalue weighted by Crippen LogP contribution is -2.39. The molecule has 0 spiro atoms. The predicted octanol–water partition coefficient (Wildman–Crippen LogP) is 3.96. The zero-order chi connectivity index (χ0) is 20.5. The van der Waals surface area contributed by atoms with E-state index in [-0.39, 0.29) is 11.8 Å². The van der Waals surface area contributed by atoms with Gasteiger partial charge in [0.05, 0.1) is 5.69 Å². The molecule has 0 aliphatic carbocycles. The van der Waals surface area contributed by atoms with Crippen molar-refractivity contribution in [1.29, 1.82) is 0 Å². The predicted molar refractivity (Wildman–Crippen MR) is 113 cm³/mol. The van der Waals surface area contributed by atoms with Crippen LogP contribution in [0.25, 0.3) is 0 Å². The van der Waals surface area contributed by atoms with E-state index in [9.17, 15) is 9.59 Å². The summed E-state index contributed by atoms with van der Waals surface area (Å²) < 4.78 is 1.96. The summed E-state index contributed by atoms with van der Waals surface area (Å²) in [4.78, 5) is 32.7. The van der Waals surface area contributed by atoms with Crippen LogP contribution in [0.3, 0.4) is 0 Å². The maximum Gasteiger partial charge on any atom is 0.291 e. The number of hydrogen-bond acceptors (Lipinski definition) is 3. The van der Waals surface area contributed by atoms with Crippen molar-refractivity contribution in [2.75, 3.05) is 18.4 Å². The molecule has 154 valence electrons. The molecule has 2 aliphatic heterocycles. The van der Waals surface area contributed by atoms with E-state index in [0.29, 0.717) is 17.4 Å². The maximum absolute atomic E-state index is 13.2. The number of likely N-dealkylation sites (tertiary alicyclic amines) is 1. The Morgan fingerprint density at radius 2 is 1.93 bits per heavy atom. The van der Waals surface area contributed by atoms with Crippen LogP contribution in [0.4, 0.5) is 5.69 Å². The first-order valence-corrected chi connectivity index (χ1v) is 10.7. The number of imidazole rings is 1. The molecule has 1 aromatic heterocycles. The molecule has 2 amide bonds. The number of nitrogens with one attached hydrogen (secondary N) is 1. The summed E-state index contributed by atoms with van der Waals surface area (Å²) in [6.45, 7) is 8.55. The van der Waals surface area contributed by atoms with Gasteiger partial charge in [0.25, 0.3) is 11.8 Å². The van der Waals surface area contributed by atoms with Gasteiger partial charge < -0.3 is 14.8 Å². The van der Waals surface area contributed by atoms with Gasteiger partial charge in [-0.05, 0) is 75.1 Å². The summed E-state index contributed by atoms with van der Waals surface area (Å²) in [5.74, 6) is 0.597. The highest BCUT2D eigenvalue weighted by Gasteiger charge is 2.31. The molecule has 1 fully saturated rings. The zero-order valence-corrected chi connectivity index (χ0v) is 17.6. The number of anilines is 1. The van der Waals surface area contributed by atoms with Gasteiger partial charge in [0.2, 0.25) is 0 Å². The molecular weight excluding hydrogens is 364 g/mol. The van der Waals surface area contributed by atoms with Crippen molar-refractivity contribution in [2.24, 2.45) is 5.92 Å². The highest BCUT2D eigenvalue weighted by molar-refractivity contribution is 6.03. The van der Waals surface area contributed by atoms with E-state index in [1.165, 1.54) is 5.56 Å². The molecule has 1 N–H and O–H groups in total. The minimum Gasteiger partial charge on any atom is -0.337 e. The fraction of sp³-hybridized carbons (Fsp3) is 0.522. The molecular formula is C23H30N4O2. The van der Waals surface area contributed by atoms with Crippen molar-refractivity contribution >= 4 is 17.5 Å². The highest BCUT2D eigenvalue weighted by atomic mass is 16.2. The summed E-state index contributed by atoms with van der Waals surface area (Å²) in [5.41, 5.74) is 4.46. The van der Waals surface area contributed by atoms with E-state index in [1.54, 1.807) is 0 Å². The number of benzene rings is 1. The van der Waals surface area contributed by atoms with Crippen molar-refractivity contribution in [2.45, 2.75) is 59.4 Å². The Balaban J connectivity index is 1.62. The van der Waals surface area contributed by atoms with Crippen LogP contribution in [0.15, 0.2) is 18.2 Å². The largest absolute Gasteiger partial charge is 0.337 e. The molecule has 29 heavy (non-hydrogen) atoms. The number of carbonyl (C=O) groups excluding carboxylic acids is 2. The second kappa shape index (κ2) is 8.01. The minimum atomic E-state index is -0.248. The van der Waals surface area contributed by atoms with Crippen LogP contribution in [-0.2, 0) is 13.0 Å². The molecule has 2 aromatic rings. The smallest absolute Gasteiger partial charge is 0.291 e. The summed E-state index contributed by atoms with van der Waals surface area (Å²) in [6.07, 6.45) is 5.02. The Morgan fingerprint density at radius 1 is 1.10 bits per heavy atom. The minimum absolute atomic E-state index is 0.0209. The number of piperidine rings is 1. The quantitative estimate of drug-likeness (QED) is 0.857. The van der Waals surface area contributed by atoms with Crippen LogP contribution in [0.2, 0.25) is 0 Å². The normalized spacial score (nSPS) is 19.0. The second-order valence-electron chi connectivity index (χ2n) is 8.59. The van der Waals surface area contributed by atoms with Gasteiger partial charge in [0.1, 0.15) is 5.69 Å². The zero-order valence-electron chi connectivity index (χ0n) is 17.6. The summed E-state index contributed by atoms with van der Waals surface area (Å²) in [5, 5.41) is 2.97. The number of rotatable bonds is 3. The number of amides is 2. The number of fused-ring (bicyclic) bond motifs is 1. The summed E-state index contributed by atoms with van der Waals surface area (Å²) in [6, 6.07) is 5.87. The number of aryl methyl sites for hydroxylation is 2. The molecule has 0 radical (unpaired) electrons. The number of nitrogens with zero attached hydrogens (tertiary/aromatic N) is 3. The van der Waals surface area contributed by atoms with Crippen LogP contribution < -0.4 is 5.32 Å². The average molecular weight is 395 g/mol. The van der Waals surface area contributed by atoms with E-state index >= 15 is 0 Å². The SMILES string of the molecule is Cc1ccc(NC(=O)c2nc(C(=O)N3CCCC(C)C3)c3n2CCCC3)cc1C. The fourth-order valence-electron chi connectivity index (χ4n) is 4.42. The third-order valence-electron chi connectivity index (χ3n) is 6.23. The molecule has 0 bridgehead atoms. The highest BCUT2D eigenvalue weighted by Crippen LogP contribution is 2.25. The van der Waals surface area contributed by atoms with Crippen LogP contribution in [-0.4, -0.2) is 39.4 Å². The number of carbonyl (C=O) groups is 2. The van der Waals surface area contributed by atoms with E-state index in [4.69, 9.17) is 0 Å². The standard InChI is InChI=1S/C23H30N4O2/c1-15-7-6-11-26(14-15)23(29)20-19-8-4-5-12-27(19)21(25-20)22(28)24-18-10-9-16(2)17(3)13-18/h9-10,13,15H,4-8,11-12,14H2,1-3H3,(H,24,28). The van der Waals surface area contributed by atoms with E-state index < -0.39 is 0 Å². The van der Waals surface area contributed by atoms with Crippen molar-refractivity contribution in [3.63, 3.8) is 0 Å². The maximum atomic E-state index is 13.2. The molecule has 4 rings (SSSR count). The molecule has 6 heteroatoms. The van der Waals surface area contributed by atoms with Gasteiger partial charge in [-0.25, -0.2) is 4.98 Å². The third-order valence-corrected chi connectivity index (χ3v) is 6.23. The summed E-state index contributed by atoms with van der Waals surface area (Å²) >= 11 is 0. The lowest BCUT2D eigenvalue weighted by molar-refractivity contribution is 0.0676. The topological polar surface area (TPSA) is 67.2 Å². The molecule has 0 saturated carbocycles. The van der Waals surface area contributed by atoms with Crippen LogP contribution in [0.1, 0.15) is 70.5 Å². The fourth-order valence-corrected chi connectivity index (χ4v) is 4.42. The number of aromatic nitrogens is 2. The van der Waals surface area contributed by atoms with Crippen molar-refractivity contribution in [3.8, 4) is 0 Å². The van der Waals surface area contributed by atoms with Crippen LogP contribution >= 0.6 is 0 Å². The number of hydrogen-bond donors (Lipinski definition) is 1. The first kappa shape index (κ1) is 19.7. The monoisotopic (exact) mass is 394 g/mol. The summed E-state index contributed by atoms with van der Waals surface area (Å²) in [7, 11) is 0. The van der Waals surface area contributed by atoms with E-state index in [0.717, 1.165) is 68.7 Å². The first-order chi connectivity index (χ1) is 13.9. The Hall–Kier alpha value is -2.63.